The van der Waals surface area contributed by atoms with E-state index in [9.17, 15) is 4.39 Å². The molecular weight excluding hydrogens is 207 g/mol. The molecule has 0 aliphatic carbocycles. The highest BCUT2D eigenvalue weighted by Gasteiger charge is 2.07. The van der Waals surface area contributed by atoms with E-state index < -0.39 is 0 Å². The number of halogens is 1. The van der Waals surface area contributed by atoms with Gasteiger partial charge in [-0.1, -0.05) is 12.1 Å². The van der Waals surface area contributed by atoms with Crippen LogP contribution in [-0.2, 0) is 11.2 Å². The van der Waals surface area contributed by atoms with Crippen LogP contribution in [0, 0.1) is 5.82 Å². The summed E-state index contributed by atoms with van der Waals surface area (Å²) in [5.41, 5.74) is 3.86. The first kappa shape index (κ1) is 13.1. The lowest BCUT2D eigenvalue weighted by Gasteiger charge is -2.15. The number of hydrogen-bond acceptors (Lipinski definition) is 3. The van der Waals surface area contributed by atoms with Crippen molar-refractivity contribution in [1.82, 2.24) is 5.43 Å². The molecular formula is C12H19FN2O. The fraction of sp³-hybridized carbons (Fsp3) is 0.500. The molecule has 0 spiro atoms. The van der Waals surface area contributed by atoms with Gasteiger partial charge in [0.1, 0.15) is 5.82 Å². The van der Waals surface area contributed by atoms with Crippen LogP contribution in [0.3, 0.4) is 0 Å². The zero-order valence-corrected chi connectivity index (χ0v) is 9.58. The largest absolute Gasteiger partial charge is 0.385 e. The van der Waals surface area contributed by atoms with E-state index in [0.29, 0.717) is 0 Å². The summed E-state index contributed by atoms with van der Waals surface area (Å²) in [6.45, 7) is 0.738. The minimum Gasteiger partial charge on any atom is -0.385 e. The maximum absolute atomic E-state index is 12.7. The Morgan fingerprint density at radius 3 is 2.62 bits per heavy atom. The predicted octanol–water partition coefficient (Wildman–Crippen LogP) is 1.63. The molecule has 0 saturated heterocycles. The number of rotatable bonds is 7. The monoisotopic (exact) mass is 226 g/mol. The lowest BCUT2D eigenvalue weighted by Crippen LogP contribution is -2.36. The summed E-state index contributed by atoms with van der Waals surface area (Å²) < 4.78 is 17.7. The minimum atomic E-state index is -0.208. The van der Waals surface area contributed by atoms with Crippen molar-refractivity contribution in [2.24, 2.45) is 5.84 Å². The summed E-state index contributed by atoms with van der Waals surface area (Å²) in [5, 5.41) is 0. The molecule has 1 aromatic carbocycles. The van der Waals surface area contributed by atoms with Gasteiger partial charge in [0, 0.05) is 19.8 Å². The van der Waals surface area contributed by atoms with Crippen LogP contribution in [0.1, 0.15) is 18.4 Å². The maximum atomic E-state index is 12.7. The molecule has 0 aliphatic rings. The standard InChI is InChI=1S/C12H19FN2O/c1-16-8-2-3-12(15-14)9-10-4-6-11(13)7-5-10/h4-7,12,15H,2-3,8-9,14H2,1H3. The molecule has 0 saturated carbocycles. The number of nitrogens with one attached hydrogen (secondary N) is 1. The second kappa shape index (κ2) is 7.33. The highest BCUT2D eigenvalue weighted by atomic mass is 19.1. The number of benzene rings is 1. The first-order valence-corrected chi connectivity index (χ1v) is 5.45. The SMILES string of the molecule is COCCCC(Cc1ccc(F)cc1)NN. The van der Waals surface area contributed by atoms with Crippen LogP contribution in [-0.4, -0.2) is 19.8 Å². The third kappa shape index (κ3) is 4.70. The van der Waals surface area contributed by atoms with Crippen LogP contribution >= 0.6 is 0 Å². The summed E-state index contributed by atoms with van der Waals surface area (Å²) >= 11 is 0. The topological polar surface area (TPSA) is 47.3 Å². The summed E-state index contributed by atoms with van der Waals surface area (Å²) in [4.78, 5) is 0. The fourth-order valence-corrected chi connectivity index (χ4v) is 1.62. The van der Waals surface area contributed by atoms with Gasteiger partial charge >= 0.3 is 0 Å². The molecule has 4 heteroatoms. The van der Waals surface area contributed by atoms with Crippen molar-refractivity contribution in [2.75, 3.05) is 13.7 Å². The molecule has 0 heterocycles. The number of ether oxygens (including phenoxy) is 1. The van der Waals surface area contributed by atoms with Crippen LogP contribution in [0.25, 0.3) is 0 Å². The molecule has 1 atom stereocenters. The number of nitrogens with two attached hydrogens (primary N) is 1. The normalized spacial score (nSPS) is 12.7. The first-order valence-electron chi connectivity index (χ1n) is 5.45. The van der Waals surface area contributed by atoms with Crippen molar-refractivity contribution in [3.8, 4) is 0 Å². The van der Waals surface area contributed by atoms with Gasteiger partial charge in [-0.15, -0.1) is 0 Å². The fourth-order valence-electron chi connectivity index (χ4n) is 1.62. The lowest BCUT2D eigenvalue weighted by atomic mass is 10.0. The maximum Gasteiger partial charge on any atom is 0.123 e. The van der Waals surface area contributed by atoms with Crippen molar-refractivity contribution < 1.29 is 9.13 Å². The Hall–Kier alpha value is -0.970. The van der Waals surface area contributed by atoms with Gasteiger partial charge in [-0.2, -0.15) is 0 Å². The van der Waals surface area contributed by atoms with Crippen LogP contribution < -0.4 is 11.3 Å². The third-order valence-corrected chi connectivity index (χ3v) is 2.53. The third-order valence-electron chi connectivity index (χ3n) is 2.53. The highest BCUT2D eigenvalue weighted by molar-refractivity contribution is 5.17. The van der Waals surface area contributed by atoms with E-state index in [1.807, 2.05) is 0 Å². The quantitative estimate of drug-likeness (QED) is 0.422. The van der Waals surface area contributed by atoms with Gasteiger partial charge in [-0.3, -0.25) is 11.3 Å². The Morgan fingerprint density at radius 1 is 1.38 bits per heavy atom. The van der Waals surface area contributed by atoms with E-state index in [-0.39, 0.29) is 11.9 Å². The van der Waals surface area contributed by atoms with Crippen molar-refractivity contribution >= 4 is 0 Å². The van der Waals surface area contributed by atoms with Crippen LogP contribution in [0.5, 0.6) is 0 Å². The predicted molar refractivity (Wildman–Crippen MR) is 62.3 cm³/mol. The van der Waals surface area contributed by atoms with Crippen molar-refractivity contribution in [3.05, 3.63) is 35.6 Å². The molecule has 0 bridgehead atoms. The number of hydrogen-bond donors (Lipinski definition) is 2. The van der Waals surface area contributed by atoms with Crippen LogP contribution in [0.4, 0.5) is 4.39 Å². The second-order valence-electron chi connectivity index (χ2n) is 3.83. The second-order valence-corrected chi connectivity index (χ2v) is 3.83. The minimum absolute atomic E-state index is 0.208. The average molecular weight is 226 g/mol. The molecule has 3 nitrogen and oxygen atoms in total. The molecule has 0 aliphatic heterocycles. The van der Waals surface area contributed by atoms with Gasteiger partial charge in [-0.05, 0) is 37.0 Å². The molecule has 0 radical (unpaired) electrons. The summed E-state index contributed by atoms with van der Waals surface area (Å²) in [6.07, 6.45) is 2.72. The van der Waals surface area contributed by atoms with E-state index in [2.05, 4.69) is 5.43 Å². The molecule has 90 valence electrons. The smallest absolute Gasteiger partial charge is 0.123 e. The van der Waals surface area contributed by atoms with Gasteiger partial charge in [0.25, 0.3) is 0 Å². The van der Waals surface area contributed by atoms with E-state index >= 15 is 0 Å². The van der Waals surface area contributed by atoms with Gasteiger partial charge in [-0.25, -0.2) is 4.39 Å². The number of methoxy groups -OCH3 is 1. The Labute approximate surface area is 95.8 Å². The van der Waals surface area contributed by atoms with Gasteiger partial charge in [0.15, 0.2) is 0 Å². The molecule has 1 unspecified atom stereocenters. The Bertz CT molecular complexity index is 290. The summed E-state index contributed by atoms with van der Waals surface area (Å²) in [5.74, 6) is 5.26. The lowest BCUT2D eigenvalue weighted by molar-refractivity contribution is 0.188. The Morgan fingerprint density at radius 2 is 2.06 bits per heavy atom. The van der Waals surface area contributed by atoms with Gasteiger partial charge in [0.05, 0.1) is 0 Å². The van der Waals surface area contributed by atoms with Crippen molar-refractivity contribution in [2.45, 2.75) is 25.3 Å². The van der Waals surface area contributed by atoms with Crippen LogP contribution in [0.15, 0.2) is 24.3 Å². The molecule has 0 aromatic heterocycles. The van der Waals surface area contributed by atoms with Crippen molar-refractivity contribution in [3.63, 3.8) is 0 Å². The first-order chi connectivity index (χ1) is 7.76. The average Bonchev–Trinajstić information content (AvgIpc) is 2.31. The Balaban J connectivity index is 2.40. The Kier molecular flexibility index (Phi) is 6.00. The zero-order chi connectivity index (χ0) is 11.8. The molecule has 1 rings (SSSR count). The molecule has 16 heavy (non-hydrogen) atoms. The summed E-state index contributed by atoms with van der Waals surface area (Å²) in [6, 6.07) is 6.72. The van der Waals surface area contributed by atoms with E-state index in [4.69, 9.17) is 10.6 Å². The highest BCUT2D eigenvalue weighted by Crippen LogP contribution is 2.08. The van der Waals surface area contributed by atoms with E-state index in [0.717, 1.165) is 31.4 Å². The van der Waals surface area contributed by atoms with Crippen LogP contribution in [0.2, 0.25) is 0 Å². The number of hydrazine groups is 1. The van der Waals surface area contributed by atoms with Crippen molar-refractivity contribution in [1.29, 1.82) is 0 Å². The van der Waals surface area contributed by atoms with E-state index in [1.165, 1.54) is 12.1 Å². The zero-order valence-electron chi connectivity index (χ0n) is 9.58. The molecule has 0 amide bonds. The summed E-state index contributed by atoms with van der Waals surface area (Å²) in [7, 11) is 1.69. The molecule has 0 fully saturated rings. The molecule has 1 aromatic rings. The van der Waals surface area contributed by atoms with Gasteiger partial charge < -0.3 is 4.74 Å². The van der Waals surface area contributed by atoms with Gasteiger partial charge in [0.2, 0.25) is 0 Å². The molecule has 3 N–H and O–H groups in total. The van der Waals surface area contributed by atoms with E-state index in [1.54, 1.807) is 19.2 Å².